The highest BCUT2D eigenvalue weighted by Gasteiger charge is 2.27. The predicted molar refractivity (Wildman–Crippen MR) is 84.8 cm³/mol. The Bertz CT molecular complexity index is 564. The van der Waals surface area contributed by atoms with E-state index in [1.54, 1.807) is 0 Å². The molecule has 1 aliphatic heterocycles. The standard InChI is InChI=1S/C18H23NO2/c1-3-18(10-5-4-6-11-18)19-14(2)12-15-8-7-9-16-17(15)21-13-20-16/h4-10,14,19H,3,11-13H2,1-2H3/t14-,18+/m0/s1. The van der Waals surface area contributed by atoms with E-state index in [2.05, 4.69) is 49.5 Å². The maximum absolute atomic E-state index is 5.60. The number of hydrogen-bond acceptors (Lipinski definition) is 3. The number of allylic oxidation sites excluding steroid dienone is 2. The lowest BCUT2D eigenvalue weighted by Crippen LogP contribution is -2.48. The summed E-state index contributed by atoms with van der Waals surface area (Å²) in [5, 5.41) is 3.79. The molecule has 0 saturated carbocycles. The van der Waals surface area contributed by atoms with Gasteiger partial charge in [0.2, 0.25) is 6.79 Å². The average molecular weight is 285 g/mol. The molecule has 1 N–H and O–H groups in total. The van der Waals surface area contributed by atoms with E-state index >= 15 is 0 Å². The maximum atomic E-state index is 5.60. The van der Waals surface area contributed by atoms with E-state index in [-0.39, 0.29) is 5.54 Å². The first-order chi connectivity index (χ1) is 10.2. The Kier molecular flexibility index (Phi) is 4.02. The van der Waals surface area contributed by atoms with Gasteiger partial charge in [-0.3, -0.25) is 0 Å². The second-order valence-corrected chi connectivity index (χ2v) is 5.90. The van der Waals surface area contributed by atoms with Crippen LogP contribution >= 0.6 is 0 Å². The van der Waals surface area contributed by atoms with E-state index in [0.29, 0.717) is 12.8 Å². The number of rotatable bonds is 5. The molecule has 1 aromatic rings. The monoisotopic (exact) mass is 285 g/mol. The van der Waals surface area contributed by atoms with Crippen LogP contribution in [0.5, 0.6) is 11.5 Å². The summed E-state index contributed by atoms with van der Waals surface area (Å²) in [4.78, 5) is 0. The molecule has 112 valence electrons. The van der Waals surface area contributed by atoms with Crippen molar-refractivity contribution in [2.45, 2.75) is 44.7 Å². The summed E-state index contributed by atoms with van der Waals surface area (Å²) in [6.07, 6.45) is 11.9. The molecule has 2 aliphatic rings. The highest BCUT2D eigenvalue weighted by atomic mass is 16.7. The van der Waals surface area contributed by atoms with Crippen LogP contribution in [-0.2, 0) is 6.42 Å². The highest BCUT2D eigenvalue weighted by Crippen LogP contribution is 2.36. The molecule has 2 atom stereocenters. The molecule has 1 aliphatic carbocycles. The van der Waals surface area contributed by atoms with Crippen LogP contribution in [0, 0.1) is 0 Å². The van der Waals surface area contributed by atoms with Crippen LogP contribution in [-0.4, -0.2) is 18.4 Å². The lowest BCUT2D eigenvalue weighted by Gasteiger charge is -2.35. The zero-order chi connectivity index (χ0) is 14.7. The molecule has 0 spiro atoms. The van der Waals surface area contributed by atoms with Gasteiger partial charge in [-0.15, -0.1) is 0 Å². The molecule has 3 heteroatoms. The fraction of sp³-hybridized carbons (Fsp3) is 0.444. The summed E-state index contributed by atoms with van der Waals surface area (Å²) in [6, 6.07) is 6.50. The van der Waals surface area contributed by atoms with Crippen LogP contribution < -0.4 is 14.8 Å². The van der Waals surface area contributed by atoms with Gasteiger partial charge in [0.05, 0.1) is 0 Å². The Morgan fingerprint density at radius 3 is 2.95 bits per heavy atom. The molecule has 1 heterocycles. The first kappa shape index (κ1) is 14.2. The van der Waals surface area contributed by atoms with Crippen LogP contribution in [0.3, 0.4) is 0 Å². The molecule has 0 bridgehead atoms. The summed E-state index contributed by atoms with van der Waals surface area (Å²) < 4.78 is 11.0. The van der Waals surface area contributed by atoms with Crippen molar-refractivity contribution in [2.75, 3.05) is 6.79 Å². The Morgan fingerprint density at radius 2 is 2.19 bits per heavy atom. The molecule has 21 heavy (non-hydrogen) atoms. The van der Waals surface area contributed by atoms with Crippen molar-refractivity contribution in [3.63, 3.8) is 0 Å². The van der Waals surface area contributed by atoms with Crippen LogP contribution in [0.4, 0.5) is 0 Å². The Morgan fingerprint density at radius 1 is 1.29 bits per heavy atom. The van der Waals surface area contributed by atoms with Crippen LogP contribution in [0.25, 0.3) is 0 Å². The van der Waals surface area contributed by atoms with Gasteiger partial charge in [0, 0.05) is 11.6 Å². The van der Waals surface area contributed by atoms with Crippen molar-refractivity contribution in [1.29, 1.82) is 0 Å². The molecule has 0 radical (unpaired) electrons. The predicted octanol–water partition coefficient (Wildman–Crippen LogP) is 3.60. The Labute approximate surface area is 126 Å². The zero-order valence-corrected chi connectivity index (χ0v) is 12.8. The zero-order valence-electron chi connectivity index (χ0n) is 12.8. The maximum Gasteiger partial charge on any atom is 0.231 e. The van der Waals surface area contributed by atoms with Crippen molar-refractivity contribution >= 4 is 0 Å². The van der Waals surface area contributed by atoms with E-state index in [1.807, 2.05) is 12.1 Å². The third-order valence-electron chi connectivity index (χ3n) is 4.31. The van der Waals surface area contributed by atoms with E-state index in [0.717, 1.165) is 30.8 Å². The number of benzene rings is 1. The summed E-state index contributed by atoms with van der Waals surface area (Å²) in [5.74, 6) is 1.78. The summed E-state index contributed by atoms with van der Waals surface area (Å²) in [7, 11) is 0. The minimum atomic E-state index is 0.0868. The van der Waals surface area contributed by atoms with Gasteiger partial charge in [-0.25, -0.2) is 0 Å². The SMILES string of the molecule is CC[C@@]1(N[C@@H](C)Cc2cccc3c2OCO3)C=CC=CC1. The molecular weight excluding hydrogens is 262 g/mol. The fourth-order valence-corrected chi connectivity index (χ4v) is 3.16. The van der Waals surface area contributed by atoms with E-state index < -0.39 is 0 Å². The van der Waals surface area contributed by atoms with Gasteiger partial charge in [-0.1, -0.05) is 43.4 Å². The number of ether oxygens (including phenoxy) is 2. The highest BCUT2D eigenvalue weighted by molar-refractivity contribution is 5.48. The van der Waals surface area contributed by atoms with Gasteiger partial charge in [-0.2, -0.15) is 0 Å². The van der Waals surface area contributed by atoms with E-state index in [9.17, 15) is 0 Å². The van der Waals surface area contributed by atoms with Crippen molar-refractivity contribution in [1.82, 2.24) is 5.32 Å². The van der Waals surface area contributed by atoms with Crippen LogP contribution in [0.1, 0.15) is 32.3 Å². The number of hydrogen-bond donors (Lipinski definition) is 1. The average Bonchev–Trinajstić information content (AvgIpc) is 2.98. The lowest BCUT2D eigenvalue weighted by atomic mass is 9.87. The Hall–Kier alpha value is -1.74. The molecule has 3 rings (SSSR count). The number of fused-ring (bicyclic) bond motifs is 1. The third-order valence-corrected chi connectivity index (χ3v) is 4.31. The van der Waals surface area contributed by atoms with E-state index in [4.69, 9.17) is 9.47 Å². The Balaban J connectivity index is 1.69. The van der Waals surface area contributed by atoms with Crippen molar-refractivity contribution in [2.24, 2.45) is 0 Å². The number of nitrogens with one attached hydrogen (secondary N) is 1. The molecular formula is C18H23NO2. The minimum Gasteiger partial charge on any atom is -0.454 e. The molecule has 0 fully saturated rings. The minimum absolute atomic E-state index is 0.0868. The van der Waals surface area contributed by atoms with E-state index in [1.165, 1.54) is 5.56 Å². The second kappa shape index (κ2) is 5.94. The molecule has 0 unspecified atom stereocenters. The number of para-hydroxylation sites is 1. The van der Waals surface area contributed by atoms with Crippen LogP contribution in [0.2, 0.25) is 0 Å². The molecule has 3 nitrogen and oxygen atoms in total. The first-order valence-electron chi connectivity index (χ1n) is 7.72. The van der Waals surface area contributed by atoms with Gasteiger partial charge >= 0.3 is 0 Å². The quantitative estimate of drug-likeness (QED) is 0.896. The topological polar surface area (TPSA) is 30.5 Å². The van der Waals surface area contributed by atoms with Gasteiger partial charge < -0.3 is 14.8 Å². The molecule has 0 amide bonds. The fourth-order valence-electron chi connectivity index (χ4n) is 3.16. The lowest BCUT2D eigenvalue weighted by molar-refractivity contribution is 0.173. The first-order valence-corrected chi connectivity index (χ1v) is 7.72. The summed E-state index contributed by atoms with van der Waals surface area (Å²) >= 11 is 0. The summed E-state index contributed by atoms with van der Waals surface area (Å²) in [5.41, 5.74) is 1.30. The normalized spacial score (nSPS) is 24.3. The van der Waals surface area contributed by atoms with Gasteiger partial charge in [0.15, 0.2) is 11.5 Å². The summed E-state index contributed by atoms with van der Waals surface area (Å²) in [6.45, 7) is 4.81. The van der Waals surface area contributed by atoms with Crippen molar-refractivity contribution < 1.29 is 9.47 Å². The van der Waals surface area contributed by atoms with Crippen molar-refractivity contribution in [3.05, 3.63) is 48.1 Å². The third kappa shape index (κ3) is 2.98. The smallest absolute Gasteiger partial charge is 0.231 e. The van der Waals surface area contributed by atoms with Gasteiger partial charge in [0.1, 0.15) is 0 Å². The van der Waals surface area contributed by atoms with Crippen LogP contribution in [0.15, 0.2) is 42.5 Å². The molecule has 0 aromatic heterocycles. The molecule has 1 aromatic carbocycles. The largest absolute Gasteiger partial charge is 0.454 e. The van der Waals surface area contributed by atoms with Gasteiger partial charge in [-0.05, 0) is 37.8 Å². The van der Waals surface area contributed by atoms with Crippen molar-refractivity contribution in [3.8, 4) is 11.5 Å². The molecule has 0 saturated heterocycles. The van der Waals surface area contributed by atoms with Gasteiger partial charge in [0.25, 0.3) is 0 Å². The second-order valence-electron chi connectivity index (χ2n) is 5.90.